The van der Waals surface area contributed by atoms with Gasteiger partial charge in [0.1, 0.15) is 0 Å². The zero-order valence-electron chi connectivity index (χ0n) is 11.8. The van der Waals surface area contributed by atoms with Crippen LogP contribution in [0, 0.1) is 13.8 Å². The maximum Gasteiger partial charge on any atom is 0.157 e. The van der Waals surface area contributed by atoms with Crippen LogP contribution in [0.1, 0.15) is 21.8 Å². The third-order valence-corrected chi connectivity index (χ3v) is 4.31. The van der Waals surface area contributed by atoms with Gasteiger partial charge in [-0.25, -0.2) is 9.97 Å². The van der Waals surface area contributed by atoms with Gasteiger partial charge in [-0.15, -0.1) is 11.3 Å². The topological polar surface area (TPSA) is 55.6 Å². The maximum absolute atomic E-state index is 4.49. The van der Waals surface area contributed by atoms with Crippen LogP contribution in [0.4, 0.5) is 0 Å². The molecule has 0 radical (unpaired) electrons. The lowest BCUT2D eigenvalue weighted by molar-refractivity contribution is 0.695. The molecule has 3 aromatic heterocycles. The first-order valence-electron chi connectivity index (χ1n) is 6.53. The number of nitrogens with one attached hydrogen (secondary N) is 1. The van der Waals surface area contributed by atoms with E-state index in [0.29, 0.717) is 0 Å². The van der Waals surface area contributed by atoms with Crippen LogP contribution >= 0.6 is 11.3 Å². The Bertz CT molecular complexity index is 743. The number of hydrogen-bond donors (Lipinski definition) is 1. The molecule has 3 heterocycles. The Morgan fingerprint density at radius 2 is 2.05 bits per heavy atom. The molecular formula is C14H17N5S. The lowest BCUT2D eigenvalue weighted by Gasteiger charge is -2.04. The van der Waals surface area contributed by atoms with Gasteiger partial charge in [0.2, 0.25) is 0 Å². The highest BCUT2D eigenvalue weighted by Crippen LogP contribution is 2.17. The second-order valence-corrected chi connectivity index (χ2v) is 5.83. The zero-order chi connectivity index (χ0) is 14.1. The minimum Gasteiger partial charge on any atom is -0.308 e. The fourth-order valence-electron chi connectivity index (χ4n) is 2.26. The molecule has 20 heavy (non-hydrogen) atoms. The summed E-state index contributed by atoms with van der Waals surface area (Å²) in [6.45, 7) is 5.71. The van der Waals surface area contributed by atoms with Gasteiger partial charge >= 0.3 is 0 Å². The van der Waals surface area contributed by atoms with Crippen molar-refractivity contribution in [3.05, 3.63) is 39.6 Å². The lowest BCUT2D eigenvalue weighted by atomic mass is 10.2. The summed E-state index contributed by atoms with van der Waals surface area (Å²) in [6, 6.07) is 2.16. The van der Waals surface area contributed by atoms with Crippen molar-refractivity contribution in [2.45, 2.75) is 26.9 Å². The van der Waals surface area contributed by atoms with Crippen LogP contribution in [-0.2, 0) is 20.1 Å². The molecule has 0 unspecified atom stereocenters. The normalized spacial score (nSPS) is 11.3. The molecule has 0 aromatic carbocycles. The standard InChI is InChI=1S/C14H17N5S/c1-9-12-4-11(6-16-14(12)19(3)18-9)5-15-7-13-10(2)17-8-20-13/h4,6,8,15H,5,7H2,1-3H3. The van der Waals surface area contributed by atoms with Crippen LogP contribution in [0.15, 0.2) is 17.8 Å². The van der Waals surface area contributed by atoms with Gasteiger partial charge < -0.3 is 5.32 Å². The van der Waals surface area contributed by atoms with Crippen LogP contribution < -0.4 is 5.32 Å². The Morgan fingerprint density at radius 1 is 1.20 bits per heavy atom. The summed E-state index contributed by atoms with van der Waals surface area (Å²) in [4.78, 5) is 10.0. The third-order valence-electron chi connectivity index (χ3n) is 3.38. The number of nitrogens with zero attached hydrogens (tertiary/aromatic N) is 4. The first kappa shape index (κ1) is 13.2. The van der Waals surface area contributed by atoms with Crippen molar-refractivity contribution in [3.63, 3.8) is 0 Å². The smallest absolute Gasteiger partial charge is 0.157 e. The van der Waals surface area contributed by atoms with Gasteiger partial charge in [0.25, 0.3) is 0 Å². The number of fused-ring (bicyclic) bond motifs is 1. The quantitative estimate of drug-likeness (QED) is 0.800. The van der Waals surface area contributed by atoms with Gasteiger partial charge in [-0.1, -0.05) is 0 Å². The summed E-state index contributed by atoms with van der Waals surface area (Å²) in [5.74, 6) is 0. The van der Waals surface area contributed by atoms with E-state index < -0.39 is 0 Å². The first-order valence-corrected chi connectivity index (χ1v) is 7.41. The molecule has 3 rings (SSSR count). The van der Waals surface area contributed by atoms with Gasteiger partial charge in [-0.05, 0) is 25.5 Å². The van der Waals surface area contributed by atoms with Crippen LogP contribution in [0.5, 0.6) is 0 Å². The van der Waals surface area contributed by atoms with Crippen molar-refractivity contribution in [2.75, 3.05) is 0 Å². The predicted octanol–water partition coefficient (Wildman–Crippen LogP) is 2.33. The Morgan fingerprint density at radius 3 is 2.80 bits per heavy atom. The van der Waals surface area contributed by atoms with Crippen molar-refractivity contribution in [3.8, 4) is 0 Å². The van der Waals surface area contributed by atoms with E-state index >= 15 is 0 Å². The van der Waals surface area contributed by atoms with Crippen molar-refractivity contribution in [1.82, 2.24) is 25.1 Å². The number of aromatic nitrogens is 4. The van der Waals surface area contributed by atoms with Crippen molar-refractivity contribution >= 4 is 22.4 Å². The molecule has 0 fully saturated rings. The number of pyridine rings is 1. The molecular weight excluding hydrogens is 270 g/mol. The van der Waals surface area contributed by atoms with E-state index in [0.717, 1.165) is 35.5 Å². The minimum absolute atomic E-state index is 0.800. The van der Waals surface area contributed by atoms with Gasteiger partial charge in [0.05, 0.1) is 16.9 Å². The first-order chi connectivity index (χ1) is 9.65. The number of thiazole rings is 1. The lowest BCUT2D eigenvalue weighted by Crippen LogP contribution is -2.12. The van der Waals surface area contributed by atoms with Crippen molar-refractivity contribution < 1.29 is 0 Å². The molecule has 1 N–H and O–H groups in total. The number of rotatable bonds is 4. The zero-order valence-corrected chi connectivity index (χ0v) is 12.7. The molecule has 3 aromatic rings. The molecule has 0 atom stereocenters. The molecule has 0 aliphatic heterocycles. The molecule has 104 valence electrons. The Balaban J connectivity index is 1.72. The van der Waals surface area contributed by atoms with Crippen molar-refractivity contribution in [2.24, 2.45) is 7.05 Å². The van der Waals surface area contributed by atoms with Crippen LogP contribution in [0.3, 0.4) is 0 Å². The Labute approximate surface area is 121 Å². The maximum atomic E-state index is 4.49. The second kappa shape index (κ2) is 5.30. The van der Waals surface area contributed by atoms with Crippen LogP contribution in [-0.4, -0.2) is 19.7 Å². The van der Waals surface area contributed by atoms with Crippen molar-refractivity contribution in [1.29, 1.82) is 0 Å². The molecule has 0 aliphatic rings. The van der Waals surface area contributed by atoms with Crippen LogP contribution in [0.2, 0.25) is 0 Å². The highest BCUT2D eigenvalue weighted by Gasteiger charge is 2.07. The Hall–Kier alpha value is -1.79. The van der Waals surface area contributed by atoms with E-state index in [2.05, 4.69) is 26.4 Å². The van der Waals surface area contributed by atoms with E-state index in [1.54, 1.807) is 11.3 Å². The second-order valence-electron chi connectivity index (χ2n) is 4.89. The van der Waals surface area contributed by atoms with E-state index in [1.807, 2.05) is 37.3 Å². The molecule has 0 aliphatic carbocycles. The van der Waals surface area contributed by atoms with Gasteiger partial charge in [-0.2, -0.15) is 5.10 Å². The number of hydrogen-bond acceptors (Lipinski definition) is 5. The fraction of sp³-hybridized carbons (Fsp3) is 0.357. The van der Waals surface area contributed by atoms with E-state index in [-0.39, 0.29) is 0 Å². The molecule has 0 spiro atoms. The summed E-state index contributed by atoms with van der Waals surface area (Å²) >= 11 is 1.69. The molecule has 0 saturated heterocycles. The average Bonchev–Trinajstić information content (AvgIpc) is 2.95. The van der Waals surface area contributed by atoms with Gasteiger partial charge in [0.15, 0.2) is 5.65 Å². The average molecular weight is 287 g/mol. The summed E-state index contributed by atoms with van der Waals surface area (Å²) < 4.78 is 1.82. The monoisotopic (exact) mass is 287 g/mol. The fourth-order valence-corrected chi connectivity index (χ4v) is 3.01. The SMILES string of the molecule is Cc1ncsc1CNCc1cnc2c(c1)c(C)nn2C. The van der Waals surface area contributed by atoms with E-state index in [1.165, 1.54) is 10.4 Å². The molecule has 0 amide bonds. The summed E-state index contributed by atoms with van der Waals surface area (Å²) in [7, 11) is 1.92. The number of aryl methyl sites for hydroxylation is 3. The van der Waals surface area contributed by atoms with Crippen LogP contribution in [0.25, 0.3) is 11.0 Å². The Kier molecular flexibility index (Phi) is 3.50. The largest absolute Gasteiger partial charge is 0.308 e. The van der Waals surface area contributed by atoms with E-state index in [4.69, 9.17) is 0 Å². The van der Waals surface area contributed by atoms with Gasteiger partial charge in [-0.3, -0.25) is 4.68 Å². The molecule has 5 nitrogen and oxygen atoms in total. The molecule has 0 bridgehead atoms. The summed E-state index contributed by atoms with van der Waals surface area (Å²) in [5, 5.41) is 8.96. The third kappa shape index (κ3) is 2.44. The van der Waals surface area contributed by atoms with E-state index in [9.17, 15) is 0 Å². The highest BCUT2D eigenvalue weighted by atomic mass is 32.1. The minimum atomic E-state index is 0.800. The molecule has 0 saturated carbocycles. The van der Waals surface area contributed by atoms with Gasteiger partial charge in [0, 0.05) is 36.6 Å². The highest BCUT2D eigenvalue weighted by molar-refractivity contribution is 7.09. The molecule has 6 heteroatoms. The predicted molar refractivity (Wildman–Crippen MR) is 80.6 cm³/mol. The summed E-state index contributed by atoms with van der Waals surface area (Å²) in [5.41, 5.74) is 6.13. The summed E-state index contributed by atoms with van der Waals surface area (Å²) in [6.07, 6.45) is 1.91.